The van der Waals surface area contributed by atoms with Crippen LogP contribution in [-0.4, -0.2) is 29.3 Å². The van der Waals surface area contributed by atoms with Gasteiger partial charge < -0.3 is 15.2 Å². The topological polar surface area (TPSA) is 54.4 Å². The van der Waals surface area contributed by atoms with Gasteiger partial charge in [-0.2, -0.15) is 0 Å². The molecule has 0 amide bonds. The maximum Gasteiger partial charge on any atom is 0.0874 e. The van der Waals surface area contributed by atoms with Gasteiger partial charge in [0.05, 0.1) is 30.2 Å². The Labute approximate surface area is 114 Å². The highest BCUT2D eigenvalue weighted by atomic mass is 16.5. The van der Waals surface area contributed by atoms with Crippen LogP contribution in [0.25, 0.3) is 0 Å². The van der Waals surface area contributed by atoms with Crippen molar-refractivity contribution in [1.82, 2.24) is 4.98 Å². The average molecular weight is 262 g/mol. The van der Waals surface area contributed by atoms with Crippen LogP contribution < -0.4 is 5.32 Å². The monoisotopic (exact) mass is 262 g/mol. The maximum atomic E-state index is 10.4. The van der Waals surface area contributed by atoms with E-state index in [2.05, 4.69) is 10.3 Å². The number of rotatable bonds is 2. The molecular weight excluding hydrogens is 240 g/mol. The fourth-order valence-electron chi connectivity index (χ4n) is 3.49. The normalized spacial score (nSPS) is 34.6. The van der Waals surface area contributed by atoms with Crippen LogP contribution in [0.1, 0.15) is 43.8 Å². The Morgan fingerprint density at radius 2 is 2.21 bits per heavy atom. The van der Waals surface area contributed by atoms with Crippen molar-refractivity contribution in [2.75, 3.05) is 12.4 Å². The van der Waals surface area contributed by atoms with Crippen molar-refractivity contribution in [2.24, 2.45) is 5.92 Å². The zero-order chi connectivity index (χ0) is 13.2. The van der Waals surface area contributed by atoms with Crippen molar-refractivity contribution in [1.29, 1.82) is 0 Å². The van der Waals surface area contributed by atoms with Crippen LogP contribution in [0.2, 0.25) is 0 Å². The molecule has 0 spiro atoms. The van der Waals surface area contributed by atoms with Gasteiger partial charge in [-0.15, -0.1) is 0 Å². The Morgan fingerprint density at radius 3 is 3.05 bits per heavy atom. The smallest absolute Gasteiger partial charge is 0.0874 e. The van der Waals surface area contributed by atoms with Gasteiger partial charge in [-0.3, -0.25) is 4.98 Å². The molecule has 2 fully saturated rings. The number of nitrogens with one attached hydrogen (secondary N) is 1. The summed E-state index contributed by atoms with van der Waals surface area (Å²) in [4.78, 5) is 4.13. The second-order valence-corrected chi connectivity index (χ2v) is 5.63. The van der Waals surface area contributed by atoms with Crippen LogP contribution in [-0.2, 0) is 4.74 Å². The summed E-state index contributed by atoms with van der Waals surface area (Å²) in [6.45, 7) is 0. The minimum absolute atomic E-state index is 0.0141. The summed E-state index contributed by atoms with van der Waals surface area (Å²) < 4.78 is 6.26. The third-order valence-electron chi connectivity index (χ3n) is 4.51. The number of fused-ring (bicyclic) bond motifs is 1. The molecule has 19 heavy (non-hydrogen) atoms. The van der Waals surface area contributed by atoms with Crippen molar-refractivity contribution in [3.05, 3.63) is 24.0 Å². The average Bonchev–Trinajstić information content (AvgIpc) is 2.47. The molecule has 3 rings (SSSR count). The van der Waals surface area contributed by atoms with Gasteiger partial charge in [0.2, 0.25) is 0 Å². The second-order valence-electron chi connectivity index (χ2n) is 5.63. The van der Waals surface area contributed by atoms with E-state index in [-0.39, 0.29) is 18.3 Å². The Hall–Kier alpha value is -1.13. The Kier molecular flexibility index (Phi) is 3.71. The van der Waals surface area contributed by atoms with Crippen LogP contribution in [0, 0.1) is 5.92 Å². The first-order valence-corrected chi connectivity index (χ1v) is 7.25. The van der Waals surface area contributed by atoms with Crippen LogP contribution in [0.15, 0.2) is 18.5 Å². The zero-order valence-electron chi connectivity index (χ0n) is 11.4. The lowest BCUT2D eigenvalue weighted by Gasteiger charge is -2.43. The van der Waals surface area contributed by atoms with Gasteiger partial charge >= 0.3 is 0 Å². The standard InChI is InChI=1S/C15H22N2O2/c1-16-12-9-17-7-6-10(12)15-8-13(18)11-4-2-3-5-14(11)19-15/h6-7,9,11,13-16,18H,2-5,8H2,1H3/t11-,13?,14-,15?/m1/s1. The summed E-state index contributed by atoms with van der Waals surface area (Å²) >= 11 is 0. The van der Waals surface area contributed by atoms with E-state index in [1.54, 1.807) is 6.20 Å². The lowest BCUT2D eigenvalue weighted by atomic mass is 9.78. The molecule has 1 saturated carbocycles. The van der Waals surface area contributed by atoms with Gasteiger partial charge in [0.1, 0.15) is 0 Å². The summed E-state index contributed by atoms with van der Waals surface area (Å²) in [5, 5.41) is 13.5. The van der Waals surface area contributed by atoms with E-state index in [1.807, 2.05) is 19.3 Å². The predicted molar refractivity (Wildman–Crippen MR) is 74.0 cm³/mol. The van der Waals surface area contributed by atoms with Crippen molar-refractivity contribution >= 4 is 5.69 Å². The summed E-state index contributed by atoms with van der Waals surface area (Å²) in [5.41, 5.74) is 2.11. The van der Waals surface area contributed by atoms with Crippen LogP contribution in [0.4, 0.5) is 5.69 Å². The first-order valence-electron chi connectivity index (χ1n) is 7.25. The van der Waals surface area contributed by atoms with Gasteiger partial charge in [0.15, 0.2) is 0 Å². The molecule has 2 aliphatic rings. The summed E-state index contributed by atoms with van der Waals surface area (Å²) in [7, 11) is 1.89. The lowest BCUT2D eigenvalue weighted by Crippen LogP contribution is -2.43. The molecule has 2 heterocycles. The predicted octanol–water partition coefficient (Wildman–Crippen LogP) is 2.50. The van der Waals surface area contributed by atoms with Gasteiger partial charge in [0.25, 0.3) is 0 Å². The molecule has 1 saturated heterocycles. The van der Waals surface area contributed by atoms with E-state index in [4.69, 9.17) is 4.74 Å². The number of pyridine rings is 1. The Morgan fingerprint density at radius 1 is 1.37 bits per heavy atom. The third kappa shape index (κ3) is 2.47. The van der Waals surface area contributed by atoms with E-state index in [1.165, 1.54) is 12.8 Å². The minimum Gasteiger partial charge on any atom is -0.393 e. The highest BCUT2D eigenvalue weighted by Crippen LogP contribution is 2.42. The lowest BCUT2D eigenvalue weighted by molar-refractivity contribution is -0.151. The van der Waals surface area contributed by atoms with Crippen molar-refractivity contribution in [3.8, 4) is 0 Å². The number of anilines is 1. The van der Waals surface area contributed by atoms with Crippen molar-refractivity contribution in [2.45, 2.75) is 50.4 Å². The van der Waals surface area contributed by atoms with Gasteiger partial charge in [-0.1, -0.05) is 12.8 Å². The number of ether oxygens (including phenoxy) is 1. The molecular formula is C15H22N2O2. The van der Waals surface area contributed by atoms with Crippen LogP contribution in [0.5, 0.6) is 0 Å². The summed E-state index contributed by atoms with van der Waals surface area (Å²) in [5.74, 6) is 0.338. The molecule has 4 nitrogen and oxygen atoms in total. The Bertz CT molecular complexity index is 438. The van der Waals surface area contributed by atoms with Gasteiger partial charge in [-0.05, 0) is 18.9 Å². The van der Waals surface area contributed by atoms with E-state index in [0.717, 1.165) is 24.1 Å². The number of hydrogen-bond donors (Lipinski definition) is 2. The molecule has 1 aromatic heterocycles. The number of aromatic nitrogens is 1. The molecule has 2 N–H and O–H groups in total. The highest BCUT2D eigenvalue weighted by molar-refractivity contribution is 5.49. The molecule has 1 aliphatic carbocycles. The quantitative estimate of drug-likeness (QED) is 0.860. The number of nitrogens with zero attached hydrogens (tertiary/aromatic N) is 1. The van der Waals surface area contributed by atoms with E-state index < -0.39 is 0 Å². The molecule has 1 aliphatic heterocycles. The van der Waals surface area contributed by atoms with Crippen molar-refractivity contribution < 1.29 is 9.84 Å². The molecule has 1 aromatic rings. The minimum atomic E-state index is -0.234. The molecule has 2 unspecified atom stereocenters. The first kappa shape index (κ1) is 12.9. The molecule has 4 atom stereocenters. The highest BCUT2D eigenvalue weighted by Gasteiger charge is 2.39. The maximum absolute atomic E-state index is 10.4. The number of hydrogen-bond acceptors (Lipinski definition) is 4. The summed E-state index contributed by atoms with van der Waals surface area (Å²) in [6, 6.07) is 1.99. The van der Waals surface area contributed by atoms with Crippen molar-refractivity contribution in [3.63, 3.8) is 0 Å². The van der Waals surface area contributed by atoms with E-state index in [9.17, 15) is 5.11 Å². The molecule has 0 radical (unpaired) electrons. The first-order chi connectivity index (χ1) is 9.29. The van der Waals surface area contributed by atoms with E-state index in [0.29, 0.717) is 12.3 Å². The van der Waals surface area contributed by atoms with Crippen LogP contribution in [0.3, 0.4) is 0 Å². The second kappa shape index (κ2) is 5.47. The van der Waals surface area contributed by atoms with Gasteiger partial charge in [-0.25, -0.2) is 0 Å². The molecule has 0 aromatic carbocycles. The third-order valence-corrected chi connectivity index (χ3v) is 4.51. The number of aliphatic hydroxyl groups excluding tert-OH is 1. The zero-order valence-corrected chi connectivity index (χ0v) is 11.4. The van der Waals surface area contributed by atoms with Gasteiger partial charge in [0, 0.05) is 31.1 Å². The fourth-order valence-corrected chi connectivity index (χ4v) is 3.49. The Balaban J connectivity index is 1.82. The van der Waals surface area contributed by atoms with Crippen LogP contribution >= 0.6 is 0 Å². The van der Waals surface area contributed by atoms with E-state index >= 15 is 0 Å². The summed E-state index contributed by atoms with van der Waals surface area (Å²) in [6.07, 6.45) is 8.91. The molecule has 104 valence electrons. The molecule has 0 bridgehead atoms. The molecule has 4 heteroatoms. The SMILES string of the molecule is CNc1cnccc1C1CC(O)[C@H]2CCCC[C@H]2O1. The number of aliphatic hydroxyl groups is 1. The fraction of sp³-hybridized carbons (Fsp3) is 0.667. The largest absolute Gasteiger partial charge is 0.393 e.